The minimum Gasteiger partial charge on any atom is -0.478 e. The van der Waals surface area contributed by atoms with Crippen molar-refractivity contribution < 1.29 is 30.5 Å². The highest BCUT2D eigenvalue weighted by Gasteiger charge is 2.17. The van der Waals surface area contributed by atoms with Crippen molar-refractivity contribution in [1.29, 1.82) is 0 Å². The van der Waals surface area contributed by atoms with Gasteiger partial charge in [0, 0.05) is 32.7 Å². The molecule has 0 spiro atoms. The molecule has 12 heteroatoms. The monoisotopic (exact) mass is 618 g/mol. The van der Waals surface area contributed by atoms with E-state index in [9.17, 15) is 4.79 Å². The summed E-state index contributed by atoms with van der Waals surface area (Å²) in [5.74, 6) is -0.875. The fourth-order valence-corrected chi connectivity index (χ4v) is 4.91. The Morgan fingerprint density at radius 2 is 0.804 bits per heavy atom. The Morgan fingerprint density at radius 3 is 1.07 bits per heavy atom. The van der Waals surface area contributed by atoms with Crippen LogP contribution in [0, 0.1) is 27.2 Å². The van der Waals surface area contributed by atoms with Crippen molar-refractivity contribution in [3.8, 4) is 11.1 Å². The number of carbonyl (C=O) groups is 1. The number of pyridine rings is 2. The van der Waals surface area contributed by atoms with Crippen molar-refractivity contribution >= 4 is 49.6 Å². The third-order valence-corrected chi connectivity index (χ3v) is 6.72. The fourth-order valence-electron chi connectivity index (χ4n) is 4.91. The maximum absolute atomic E-state index is 10.3. The number of aromatic nitrogens is 2. The van der Waals surface area contributed by atoms with Crippen molar-refractivity contribution in [1.82, 2.24) is 9.97 Å². The average Bonchev–Trinajstić information content (AvgIpc) is 3.03. The van der Waals surface area contributed by atoms with Crippen LogP contribution in [0.25, 0.3) is 54.7 Å². The number of rotatable bonds is 2. The lowest BCUT2D eigenvalue weighted by atomic mass is 9.91. The first-order valence-corrected chi connectivity index (χ1v) is 13.6. The van der Waals surface area contributed by atoms with Crippen molar-refractivity contribution in [2.75, 3.05) is 0 Å². The summed E-state index contributed by atoms with van der Waals surface area (Å²) in [5, 5.41) is 40.4. The molecule has 0 aliphatic rings. The van der Waals surface area contributed by atoms with Crippen LogP contribution in [0.3, 0.4) is 0 Å². The Hall–Kier alpha value is -6.69. The maximum atomic E-state index is 10.3. The summed E-state index contributed by atoms with van der Waals surface area (Å²) in [6.45, 7) is 1.92. The molecular weight excluding hydrogens is 592 g/mol. The lowest BCUT2D eigenvalue weighted by molar-refractivity contribution is -0.742. The number of benzene rings is 5. The van der Waals surface area contributed by atoms with Crippen LogP contribution in [-0.2, 0) is 0 Å². The Bertz CT molecular complexity index is 1940. The van der Waals surface area contributed by atoms with Gasteiger partial charge < -0.3 is 15.5 Å². The molecule has 2 aromatic heterocycles. The standard InChI is InChI=1S/C26H16N2.C8H8O2.2HNO3/c1-5-13-21-17(9-1)25(18-10-2-6-14-22(18)27-21)26-19-11-3-7-15-23(19)28-24-16-8-4-12-20(24)26;1-6-2-4-7(5-3-6)8(9)10;2*2-1(3)4/h1-16H;2-5H,1H3,(H,9,10);2*(H,2,3,4). The second-order valence-electron chi connectivity index (χ2n) is 9.69. The quantitative estimate of drug-likeness (QED) is 0.0980. The molecule has 7 rings (SSSR count). The number of carboxylic acid groups (broad SMARTS) is 1. The first-order valence-electron chi connectivity index (χ1n) is 13.6. The van der Waals surface area contributed by atoms with Crippen LogP contribution in [0.2, 0.25) is 0 Å². The molecule has 0 saturated heterocycles. The molecule has 46 heavy (non-hydrogen) atoms. The summed E-state index contributed by atoms with van der Waals surface area (Å²) in [6, 6.07) is 40.4. The van der Waals surface area contributed by atoms with Crippen molar-refractivity contribution in [2.45, 2.75) is 6.92 Å². The van der Waals surface area contributed by atoms with Gasteiger partial charge >= 0.3 is 5.97 Å². The van der Waals surface area contributed by atoms with Crippen molar-refractivity contribution in [2.24, 2.45) is 0 Å². The van der Waals surface area contributed by atoms with Gasteiger partial charge in [0.2, 0.25) is 0 Å². The lowest BCUT2D eigenvalue weighted by Crippen LogP contribution is -1.94. The third-order valence-electron chi connectivity index (χ3n) is 6.72. The van der Waals surface area contributed by atoms with Gasteiger partial charge in [-0.15, -0.1) is 20.2 Å². The first-order chi connectivity index (χ1) is 22.1. The third kappa shape index (κ3) is 7.82. The number of fused-ring (bicyclic) bond motifs is 4. The molecule has 0 aliphatic carbocycles. The van der Waals surface area contributed by atoms with Crippen LogP contribution >= 0.6 is 0 Å². The number of hydrogen-bond donors (Lipinski definition) is 3. The summed E-state index contributed by atoms with van der Waals surface area (Å²) in [7, 11) is 0. The predicted molar refractivity (Wildman–Crippen MR) is 173 cm³/mol. The SMILES string of the molecule is Cc1ccc(C(=O)O)cc1.O=[N+]([O-])O.O=[N+]([O-])O.c1ccc2c(-c3c4ccccc4nc4ccccc34)c3ccccc3nc2c1. The van der Waals surface area contributed by atoms with Crippen LogP contribution in [0.15, 0.2) is 121 Å². The predicted octanol–water partition coefficient (Wildman–Crippen LogP) is 7.75. The Balaban J connectivity index is 0.000000221. The Kier molecular flexibility index (Phi) is 10.3. The molecule has 0 amide bonds. The molecule has 0 bridgehead atoms. The second-order valence-corrected chi connectivity index (χ2v) is 9.69. The van der Waals surface area contributed by atoms with Gasteiger partial charge in [0.1, 0.15) is 0 Å². The van der Waals surface area contributed by atoms with E-state index in [1.54, 1.807) is 24.3 Å². The van der Waals surface area contributed by atoms with Crippen LogP contribution in [0.1, 0.15) is 15.9 Å². The fraction of sp³-hybridized carbons (Fsp3) is 0.0294. The van der Waals surface area contributed by atoms with Gasteiger partial charge in [0.15, 0.2) is 0 Å². The van der Waals surface area contributed by atoms with Crippen LogP contribution in [-0.4, -0.2) is 41.6 Å². The zero-order valence-electron chi connectivity index (χ0n) is 24.2. The molecule has 0 aliphatic heterocycles. The van der Waals surface area contributed by atoms with Crippen molar-refractivity contribution in [3.05, 3.63) is 153 Å². The largest absolute Gasteiger partial charge is 0.478 e. The second kappa shape index (κ2) is 14.7. The minimum absolute atomic E-state index is 0.339. The highest BCUT2D eigenvalue weighted by molar-refractivity contribution is 6.20. The molecule has 3 N–H and O–H groups in total. The lowest BCUT2D eigenvalue weighted by Gasteiger charge is -2.16. The number of hydrogen-bond acceptors (Lipinski definition) is 7. The van der Waals surface area contributed by atoms with Gasteiger partial charge in [-0.3, -0.25) is 0 Å². The van der Waals surface area contributed by atoms with E-state index >= 15 is 0 Å². The Labute approximate surface area is 260 Å². The van der Waals surface area contributed by atoms with Gasteiger partial charge in [-0.2, -0.15) is 0 Å². The van der Waals surface area contributed by atoms with Crippen LogP contribution in [0.5, 0.6) is 0 Å². The maximum Gasteiger partial charge on any atom is 0.335 e. The highest BCUT2D eigenvalue weighted by atomic mass is 16.9. The number of para-hydroxylation sites is 4. The van der Waals surface area contributed by atoms with E-state index in [0.29, 0.717) is 5.56 Å². The molecule has 7 aromatic rings. The van der Waals surface area contributed by atoms with E-state index in [0.717, 1.165) is 27.6 Å². The molecule has 0 unspecified atom stereocenters. The number of aromatic carboxylic acids is 1. The normalized spacial score (nSPS) is 10.1. The van der Waals surface area contributed by atoms with Gasteiger partial charge in [-0.1, -0.05) is 90.5 Å². The summed E-state index contributed by atoms with van der Waals surface area (Å²) in [4.78, 5) is 36.9. The van der Waals surface area contributed by atoms with Gasteiger partial charge in [0.05, 0.1) is 27.6 Å². The summed E-state index contributed by atoms with van der Waals surface area (Å²) < 4.78 is 0. The topological polar surface area (TPSA) is 190 Å². The zero-order valence-corrected chi connectivity index (χ0v) is 24.2. The van der Waals surface area contributed by atoms with E-state index < -0.39 is 16.1 Å². The van der Waals surface area contributed by atoms with Gasteiger partial charge in [-0.25, -0.2) is 14.8 Å². The van der Waals surface area contributed by atoms with Crippen molar-refractivity contribution in [3.63, 3.8) is 0 Å². The van der Waals surface area contributed by atoms with E-state index in [1.807, 2.05) is 6.92 Å². The molecule has 0 saturated carbocycles. The van der Waals surface area contributed by atoms with E-state index in [1.165, 1.54) is 32.7 Å². The number of aryl methyl sites for hydroxylation is 1. The zero-order chi connectivity index (χ0) is 33.2. The molecule has 5 aromatic carbocycles. The van der Waals surface area contributed by atoms with E-state index in [4.69, 9.17) is 45.7 Å². The van der Waals surface area contributed by atoms with Crippen LogP contribution in [0.4, 0.5) is 0 Å². The average molecular weight is 619 g/mol. The minimum atomic E-state index is -1.50. The number of carboxylic acids is 1. The molecular formula is C34H26N4O8. The van der Waals surface area contributed by atoms with E-state index in [2.05, 4.69) is 97.1 Å². The molecule has 0 atom stereocenters. The molecule has 2 heterocycles. The highest BCUT2D eigenvalue weighted by Crippen LogP contribution is 2.41. The smallest absolute Gasteiger partial charge is 0.335 e. The van der Waals surface area contributed by atoms with Crippen LogP contribution < -0.4 is 0 Å². The first kappa shape index (κ1) is 32.2. The molecule has 230 valence electrons. The molecule has 12 nitrogen and oxygen atoms in total. The Morgan fingerprint density at radius 1 is 0.543 bits per heavy atom. The molecule has 0 fully saturated rings. The number of nitrogens with zero attached hydrogens (tertiary/aromatic N) is 4. The van der Waals surface area contributed by atoms with Gasteiger partial charge in [-0.05, 0) is 43.3 Å². The summed E-state index contributed by atoms with van der Waals surface area (Å²) >= 11 is 0. The van der Waals surface area contributed by atoms with Gasteiger partial charge in [0.25, 0.3) is 10.2 Å². The molecule has 0 radical (unpaired) electrons. The summed E-state index contributed by atoms with van der Waals surface area (Å²) in [6.07, 6.45) is 0. The van der Waals surface area contributed by atoms with E-state index in [-0.39, 0.29) is 0 Å². The summed E-state index contributed by atoms with van der Waals surface area (Å²) in [5.41, 5.74) is 7.94.